The lowest BCUT2D eigenvalue weighted by Gasteiger charge is -2.19. The van der Waals surface area contributed by atoms with E-state index in [1.54, 1.807) is 12.1 Å². The summed E-state index contributed by atoms with van der Waals surface area (Å²) >= 11 is 0. The molecule has 1 aliphatic heterocycles. The molecule has 4 heteroatoms. The largest absolute Gasteiger partial charge is 0.377 e. The smallest absolute Gasteiger partial charge is 0.128 e. The molecule has 1 unspecified atom stereocenters. The minimum Gasteiger partial charge on any atom is -0.377 e. The van der Waals surface area contributed by atoms with Crippen molar-refractivity contribution in [1.29, 1.82) is 0 Å². The second kappa shape index (κ2) is 6.12. The van der Waals surface area contributed by atoms with E-state index in [9.17, 15) is 4.39 Å². The zero-order chi connectivity index (χ0) is 14.7. The maximum atomic E-state index is 13.7. The van der Waals surface area contributed by atoms with Gasteiger partial charge in [0, 0.05) is 18.7 Å². The van der Waals surface area contributed by atoms with Gasteiger partial charge < -0.3 is 10.2 Å². The summed E-state index contributed by atoms with van der Waals surface area (Å²) in [5, 5.41) is 3.30. The van der Waals surface area contributed by atoms with Crippen LogP contribution < -0.4 is 10.2 Å². The monoisotopic (exact) mass is 285 g/mol. The van der Waals surface area contributed by atoms with Crippen LogP contribution in [-0.4, -0.2) is 18.1 Å². The molecule has 21 heavy (non-hydrogen) atoms. The molecule has 0 spiro atoms. The first-order valence-corrected chi connectivity index (χ1v) is 7.46. The lowest BCUT2D eigenvalue weighted by Crippen LogP contribution is -2.18. The van der Waals surface area contributed by atoms with E-state index in [0.717, 1.165) is 24.6 Å². The van der Waals surface area contributed by atoms with Crippen LogP contribution in [0, 0.1) is 5.82 Å². The minimum absolute atomic E-state index is 0.0920. The molecule has 3 rings (SSSR count). The van der Waals surface area contributed by atoms with Gasteiger partial charge in [-0.2, -0.15) is 0 Å². The van der Waals surface area contributed by atoms with Crippen molar-refractivity contribution in [2.75, 3.05) is 23.3 Å². The molecule has 110 valence electrons. The Morgan fingerprint density at radius 3 is 2.57 bits per heavy atom. The van der Waals surface area contributed by atoms with E-state index in [0.29, 0.717) is 5.56 Å². The van der Waals surface area contributed by atoms with Crippen molar-refractivity contribution in [2.24, 2.45) is 0 Å². The molecule has 0 aliphatic carbocycles. The first-order chi connectivity index (χ1) is 10.2. The molecule has 0 radical (unpaired) electrons. The van der Waals surface area contributed by atoms with Crippen molar-refractivity contribution in [3.05, 3.63) is 54.0 Å². The summed E-state index contributed by atoms with van der Waals surface area (Å²) in [4.78, 5) is 6.80. The Morgan fingerprint density at radius 1 is 1.14 bits per heavy atom. The molecule has 0 saturated carbocycles. The predicted octanol–water partition coefficient (Wildman–Crippen LogP) is 3.99. The highest BCUT2D eigenvalue weighted by Gasteiger charge is 2.14. The summed E-state index contributed by atoms with van der Waals surface area (Å²) in [6.07, 6.45) is 4.31. The van der Waals surface area contributed by atoms with Crippen LogP contribution in [-0.2, 0) is 0 Å². The molecule has 1 fully saturated rings. The van der Waals surface area contributed by atoms with Crippen molar-refractivity contribution in [3.8, 4) is 0 Å². The third-order valence-corrected chi connectivity index (χ3v) is 3.93. The minimum atomic E-state index is -0.181. The van der Waals surface area contributed by atoms with E-state index in [2.05, 4.69) is 15.2 Å². The van der Waals surface area contributed by atoms with E-state index >= 15 is 0 Å². The molecule has 1 atom stereocenters. The molecule has 1 N–H and O–H groups in total. The summed E-state index contributed by atoms with van der Waals surface area (Å²) in [7, 11) is 0. The van der Waals surface area contributed by atoms with Gasteiger partial charge in [0.1, 0.15) is 11.6 Å². The van der Waals surface area contributed by atoms with Gasteiger partial charge in [-0.15, -0.1) is 0 Å². The number of nitrogens with one attached hydrogen (secondary N) is 1. The fourth-order valence-electron chi connectivity index (χ4n) is 2.76. The van der Waals surface area contributed by atoms with Crippen molar-refractivity contribution < 1.29 is 4.39 Å². The third kappa shape index (κ3) is 3.15. The van der Waals surface area contributed by atoms with E-state index in [1.807, 2.05) is 31.3 Å². The summed E-state index contributed by atoms with van der Waals surface area (Å²) in [5.74, 6) is 0.843. The van der Waals surface area contributed by atoms with Crippen molar-refractivity contribution in [2.45, 2.75) is 25.8 Å². The van der Waals surface area contributed by atoms with Gasteiger partial charge >= 0.3 is 0 Å². The van der Waals surface area contributed by atoms with E-state index in [4.69, 9.17) is 0 Å². The number of hydrogen-bond donors (Lipinski definition) is 1. The first kappa shape index (κ1) is 13.9. The van der Waals surface area contributed by atoms with Crippen LogP contribution in [0.15, 0.2) is 42.6 Å². The Morgan fingerprint density at radius 2 is 1.90 bits per heavy atom. The highest BCUT2D eigenvalue weighted by molar-refractivity contribution is 5.50. The number of nitrogens with zero attached hydrogens (tertiary/aromatic N) is 2. The molecule has 1 saturated heterocycles. The fraction of sp³-hybridized carbons (Fsp3) is 0.353. The van der Waals surface area contributed by atoms with Crippen LogP contribution in [0.25, 0.3) is 0 Å². The van der Waals surface area contributed by atoms with Crippen LogP contribution in [0.1, 0.15) is 31.4 Å². The summed E-state index contributed by atoms with van der Waals surface area (Å²) in [6, 6.07) is 10.8. The molecular weight excluding hydrogens is 265 g/mol. The van der Waals surface area contributed by atoms with Crippen LogP contribution in [0.4, 0.5) is 15.9 Å². The summed E-state index contributed by atoms with van der Waals surface area (Å²) in [5.41, 5.74) is 1.58. The zero-order valence-corrected chi connectivity index (χ0v) is 12.2. The van der Waals surface area contributed by atoms with Gasteiger partial charge in [0.15, 0.2) is 0 Å². The van der Waals surface area contributed by atoms with Gasteiger partial charge in [-0.25, -0.2) is 9.37 Å². The molecule has 2 heterocycles. The maximum absolute atomic E-state index is 13.7. The second-order valence-corrected chi connectivity index (χ2v) is 5.49. The number of halogens is 1. The lowest BCUT2D eigenvalue weighted by molar-refractivity contribution is 0.600. The number of anilines is 2. The molecule has 3 nitrogen and oxygen atoms in total. The highest BCUT2D eigenvalue weighted by atomic mass is 19.1. The first-order valence-electron chi connectivity index (χ1n) is 7.46. The maximum Gasteiger partial charge on any atom is 0.128 e. The van der Waals surface area contributed by atoms with Gasteiger partial charge in [0.05, 0.1) is 17.9 Å². The van der Waals surface area contributed by atoms with Crippen LogP contribution >= 0.6 is 0 Å². The van der Waals surface area contributed by atoms with Gasteiger partial charge in [-0.05, 0) is 38.0 Å². The topological polar surface area (TPSA) is 28.2 Å². The Balaban J connectivity index is 1.69. The van der Waals surface area contributed by atoms with Crippen molar-refractivity contribution >= 4 is 11.5 Å². The number of pyridine rings is 1. The molecule has 0 amide bonds. The standard InChI is InChI=1S/C17H20FN3/c1-13(15-6-2-3-7-16(15)18)20-14-8-9-17(19-12-14)21-10-4-5-11-21/h2-3,6-9,12-13,20H,4-5,10-11H2,1H3. The molecule has 1 aromatic heterocycles. The van der Waals surface area contributed by atoms with Crippen LogP contribution in [0.3, 0.4) is 0 Å². The quantitative estimate of drug-likeness (QED) is 0.920. The second-order valence-electron chi connectivity index (χ2n) is 5.49. The summed E-state index contributed by atoms with van der Waals surface area (Å²) < 4.78 is 13.7. The number of rotatable bonds is 4. The van der Waals surface area contributed by atoms with Crippen LogP contribution in [0.5, 0.6) is 0 Å². The van der Waals surface area contributed by atoms with E-state index in [-0.39, 0.29) is 11.9 Å². The average Bonchev–Trinajstić information content (AvgIpc) is 3.02. The SMILES string of the molecule is CC(Nc1ccc(N2CCCC2)nc1)c1ccccc1F. The summed E-state index contributed by atoms with van der Waals surface area (Å²) in [6.45, 7) is 4.13. The average molecular weight is 285 g/mol. The van der Waals surface area contributed by atoms with Gasteiger partial charge in [0.25, 0.3) is 0 Å². The molecule has 0 bridgehead atoms. The van der Waals surface area contributed by atoms with Crippen molar-refractivity contribution in [1.82, 2.24) is 4.98 Å². The fourth-order valence-corrected chi connectivity index (χ4v) is 2.76. The normalized spacial score (nSPS) is 16.0. The Labute approximate surface area is 124 Å². The third-order valence-electron chi connectivity index (χ3n) is 3.93. The van der Waals surface area contributed by atoms with Gasteiger partial charge in [0.2, 0.25) is 0 Å². The highest BCUT2D eigenvalue weighted by Crippen LogP contribution is 2.23. The zero-order valence-electron chi connectivity index (χ0n) is 12.2. The lowest BCUT2D eigenvalue weighted by atomic mass is 10.1. The number of aromatic nitrogens is 1. The number of hydrogen-bond acceptors (Lipinski definition) is 3. The number of benzene rings is 1. The molecule has 2 aromatic rings. The van der Waals surface area contributed by atoms with Gasteiger partial charge in [-0.3, -0.25) is 0 Å². The molecule has 1 aromatic carbocycles. The molecule has 1 aliphatic rings. The van der Waals surface area contributed by atoms with E-state index < -0.39 is 0 Å². The predicted molar refractivity (Wildman–Crippen MR) is 84.1 cm³/mol. The van der Waals surface area contributed by atoms with E-state index in [1.165, 1.54) is 18.9 Å². The van der Waals surface area contributed by atoms with Gasteiger partial charge in [-0.1, -0.05) is 18.2 Å². The van der Waals surface area contributed by atoms with Crippen LogP contribution in [0.2, 0.25) is 0 Å². The molecular formula is C17H20FN3. The Bertz CT molecular complexity index is 591. The Hall–Kier alpha value is -2.10. The van der Waals surface area contributed by atoms with Crippen molar-refractivity contribution in [3.63, 3.8) is 0 Å². The Kier molecular flexibility index (Phi) is 4.04.